The van der Waals surface area contributed by atoms with Crippen molar-refractivity contribution in [2.24, 2.45) is 4.99 Å². The topological polar surface area (TPSA) is 89.8 Å². The number of unbranched alkanes of at least 4 members (excludes halogenated alkanes) is 14. The molecule has 1 N–H and O–H groups in total. The van der Waals surface area contributed by atoms with Gasteiger partial charge in [0.1, 0.15) is 0 Å². The predicted molar refractivity (Wildman–Crippen MR) is 113 cm³/mol. The molecule has 0 atom stereocenters. The van der Waals surface area contributed by atoms with E-state index in [1.807, 2.05) is 0 Å². The number of hydrogen-bond acceptors (Lipinski definition) is 4. The van der Waals surface area contributed by atoms with E-state index in [0.717, 1.165) is 12.8 Å². The molecule has 0 bridgehead atoms. The van der Waals surface area contributed by atoms with Crippen molar-refractivity contribution in [3.05, 3.63) is 0 Å². The molecule has 0 saturated carbocycles. The van der Waals surface area contributed by atoms with Gasteiger partial charge in [-0.25, -0.2) is 0 Å². The quantitative estimate of drug-likeness (QED) is 0.103. The van der Waals surface area contributed by atoms with Crippen LogP contribution < -0.4 is 56.5 Å². The van der Waals surface area contributed by atoms with Crippen molar-refractivity contribution in [3.8, 4) is 0 Å². The Labute approximate surface area is 216 Å². The summed E-state index contributed by atoms with van der Waals surface area (Å²) in [5.74, 6) is -0.337. The van der Waals surface area contributed by atoms with Crippen molar-refractivity contribution >= 4 is 16.0 Å². The molecule has 5 nitrogen and oxygen atoms in total. The third kappa shape index (κ3) is 27.0. The van der Waals surface area contributed by atoms with E-state index in [0.29, 0.717) is 25.8 Å². The van der Waals surface area contributed by atoms with Gasteiger partial charge in [-0.1, -0.05) is 90.4 Å². The van der Waals surface area contributed by atoms with Gasteiger partial charge in [-0.05, 0) is 31.6 Å². The van der Waals surface area contributed by atoms with Crippen LogP contribution in [0.2, 0.25) is 0 Å². The zero-order chi connectivity index (χ0) is 20.2. The van der Waals surface area contributed by atoms with Crippen molar-refractivity contribution in [2.45, 2.75) is 116 Å². The molecule has 0 radical (unpaired) electrons. The van der Waals surface area contributed by atoms with Crippen molar-refractivity contribution in [3.63, 3.8) is 0 Å². The molecule has 162 valence electrons. The second-order valence-electron chi connectivity index (χ2n) is 7.61. The summed E-state index contributed by atoms with van der Waals surface area (Å²) in [6.07, 6.45) is 19.5. The summed E-state index contributed by atoms with van der Waals surface area (Å²) in [7, 11) is -3.89. The first-order chi connectivity index (χ1) is 13.0. The van der Waals surface area contributed by atoms with Gasteiger partial charge >= 0.3 is 51.4 Å². The summed E-state index contributed by atoms with van der Waals surface area (Å²) in [5.41, 5.74) is 0. The second-order valence-corrected chi connectivity index (χ2v) is 9.19. The van der Waals surface area contributed by atoms with Gasteiger partial charge in [-0.2, -0.15) is 8.42 Å². The van der Waals surface area contributed by atoms with E-state index in [1.165, 1.54) is 77.0 Å². The van der Waals surface area contributed by atoms with Crippen molar-refractivity contribution in [2.75, 3.05) is 12.3 Å². The molecule has 0 unspecified atom stereocenters. The minimum atomic E-state index is -3.89. The van der Waals surface area contributed by atoms with Gasteiger partial charge in [0, 0.05) is 6.54 Å². The van der Waals surface area contributed by atoms with Gasteiger partial charge in [0.05, 0.1) is 5.75 Å². The number of hydrogen-bond donors (Lipinski definition) is 1. The molecule has 0 amide bonds. The SMILES string of the molecule is CCCCCCCCCCCCCCCCC([O-])=NCCCCS(=O)(=O)O.[K+]. The zero-order valence-electron chi connectivity index (χ0n) is 18.5. The summed E-state index contributed by atoms with van der Waals surface area (Å²) in [4.78, 5) is 3.93. The third-order valence-electron chi connectivity index (χ3n) is 4.84. The third-order valence-corrected chi connectivity index (χ3v) is 5.65. The molecule has 0 aliphatic carbocycles. The molecular formula is C21H42KNO4S. The van der Waals surface area contributed by atoms with E-state index in [1.54, 1.807) is 0 Å². The number of rotatable bonds is 20. The Kier molecular flexibility index (Phi) is 25.3. The maximum atomic E-state index is 11.6. The number of nitrogens with zero attached hydrogens (tertiary/aromatic N) is 1. The summed E-state index contributed by atoms with van der Waals surface area (Å²) in [6.45, 7) is 2.61. The molecule has 28 heavy (non-hydrogen) atoms. The van der Waals surface area contributed by atoms with Crippen LogP contribution in [0.5, 0.6) is 0 Å². The van der Waals surface area contributed by atoms with Crippen LogP contribution in [0.15, 0.2) is 4.99 Å². The minimum Gasteiger partial charge on any atom is -0.862 e. The molecule has 7 heteroatoms. The van der Waals surface area contributed by atoms with Gasteiger partial charge in [-0.3, -0.25) is 4.55 Å². The van der Waals surface area contributed by atoms with Crippen LogP contribution in [0, 0.1) is 0 Å². The van der Waals surface area contributed by atoms with E-state index in [9.17, 15) is 13.5 Å². The Balaban J connectivity index is 0. The second kappa shape index (κ2) is 22.7. The van der Waals surface area contributed by atoms with Crippen molar-refractivity contribution in [1.29, 1.82) is 0 Å². The fourth-order valence-corrected chi connectivity index (χ4v) is 3.72. The first-order valence-electron chi connectivity index (χ1n) is 11.1. The summed E-state index contributed by atoms with van der Waals surface area (Å²) >= 11 is 0. The standard InChI is InChI=1S/C21H43NO4S.K/c1-2-3-4-5-6-7-8-9-10-11-12-13-14-15-18-21(23)22-19-16-17-20-27(24,25)26;/h2-20H2,1H3,(H,22,23)(H,24,25,26);/q;+1/p-1. The van der Waals surface area contributed by atoms with Gasteiger partial charge in [0.25, 0.3) is 10.1 Å². The normalized spacial score (nSPS) is 12.1. The van der Waals surface area contributed by atoms with E-state index >= 15 is 0 Å². The molecule has 0 heterocycles. The fraction of sp³-hybridized carbons (Fsp3) is 0.952. The first kappa shape index (κ1) is 31.2. The van der Waals surface area contributed by atoms with Crippen LogP contribution in [0.1, 0.15) is 116 Å². The van der Waals surface area contributed by atoms with Crippen LogP contribution in [0.25, 0.3) is 0 Å². The van der Waals surface area contributed by atoms with Crippen molar-refractivity contribution in [1.82, 2.24) is 0 Å². The summed E-state index contributed by atoms with van der Waals surface area (Å²) in [5, 5.41) is 11.6. The monoisotopic (exact) mass is 443 g/mol. The average molecular weight is 444 g/mol. The Bertz CT molecular complexity index is 455. The first-order valence-corrected chi connectivity index (χ1v) is 12.7. The Morgan fingerprint density at radius 3 is 1.61 bits per heavy atom. The Morgan fingerprint density at radius 2 is 1.18 bits per heavy atom. The Hall–Kier alpha value is 1.02. The van der Waals surface area contributed by atoms with E-state index in [4.69, 9.17) is 4.55 Å². The molecule has 0 fully saturated rings. The van der Waals surface area contributed by atoms with Gasteiger partial charge in [-0.15, -0.1) is 0 Å². The predicted octanol–water partition coefficient (Wildman–Crippen LogP) is 2.29. The average Bonchev–Trinajstić information content (AvgIpc) is 2.60. The summed E-state index contributed by atoms with van der Waals surface area (Å²) < 4.78 is 29.7. The van der Waals surface area contributed by atoms with Crippen molar-refractivity contribution < 1.29 is 69.5 Å². The number of aliphatic imine (C=N–C) groups is 1. The molecule has 0 aromatic heterocycles. The maximum Gasteiger partial charge on any atom is 1.00 e. The maximum absolute atomic E-state index is 11.6. The molecule has 0 aliphatic rings. The minimum absolute atomic E-state index is 0. The molecule has 0 aromatic rings. The van der Waals surface area contributed by atoms with E-state index in [-0.39, 0.29) is 63.0 Å². The van der Waals surface area contributed by atoms with Crippen LogP contribution >= 0.6 is 0 Å². The summed E-state index contributed by atoms with van der Waals surface area (Å²) in [6, 6.07) is 0. The van der Waals surface area contributed by atoms with Crippen LogP contribution in [0.4, 0.5) is 0 Å². The Morgan fingerprint density at radius 1 is 0.750 bits per heavy atom. The van der Waals surface area contributed by atoms with Gasteiger partial charge in [0.15, 0.2) is 0 Å². The molecule has 0 saturated heterocycles. The fourth-order valence-electron chi connectivity index (χ4n) is 3.15. The van der Waals surface area contributed by atoms with E-state index in [2.05, 4.69) is 11.9 Å². The van der Waals surface area contributed by atoms with Gasteiger partial charge < -0.3 is 10.1 Å². The molecular weight excluding hydrogens is 401 g/mol. The molecule has 0 rings (SSSR count). The molecule has 0 aliphatic heterocycles. The molecule has 0 spiro atoms. The zero-order valence-corrected chi connectivity index (χ0v) is 22.4. The van der Waals surface area contributed by atoms with Crippen LogP contribution in [-0.2, 0) is 10.1 Å². The van der Waals surface area contributed by atoms with Crippen LogP contribution in [0.3, 0.4) is 0 Å². The smallest absolute Gasteiger partial charge is 0.862 e. The largest absolute Gasteiger partial charge is 1.00 e. The van der Waals surface area contributed by atoms with Gasteiger partial charge in [0.2, 0.25) is 0 Å². The van der Waals surface area contributed by atoms with E-state index < -0.39 is 10.1 Å². The van der Waals surface area contributed by atoms with Crippen LogP contribution in [-0.4, -0.2) is 31.2 Å². The molecule has 0 aromatic carbocycles.